The van der Waals surface area contributed by atoms with Gasteiger partial charge < -0.3 is 9.84 Å². The van der Waals surface area contributed by atoms with Gasteiger partial charge in [-0.1, -0.05) is 0 Å². The van der Waals surface area contributed by atoms with Crippen molar-refractivity contribution in [1.29, 1.82) is 0 Å². The number of β-amino-alcohol motifs (C(OH)–C–C–N with tert-alkyl or cyclic N) is 1. The molecule has 2 aliphatic rings. The lowest BCUT2D eigenvalue weighted by molar-refractivity contribution is -0.00926. The lowest BCUT2D eigenvalue weighted by Gasteiger charge is -2.27. The van der Waals surface area contributed by atoms with Gasteiger partial charge >= 0.3 is 0 Å². The number of rotatable bonds is 5. The molecule has 0 aromatic carbocycles. The molecule has 2 bridgehead atoms. The predicted molar refractivity (Wildman–Crippen MR) is 72.7 cm³/mol. The molecule has 3 atom stereocenters. The third kappa shape index (κ3) is 3.67. The molecule has 2 heterocycles. The van der Waals surface area contributed by atoms with E-state index in [2.05, 4.69) is 16.8 Å². The average molecular weight is 256 g/mol. The second-order valence-corrected chi connectivity index (χ2v) is 6.13. The van der Waals surface area contributed by atoms with Gasteiger partial charge in [0.15, 0.2) is 0 Å². The first-order valence-electron chi connectivity index (χ1n) is 7.30. The molecule has 18 heavy (non-hydrogen) atoms. The first-order chi connectivity index (χ1) is 8.56. The molecule has 0 saturated carbocycles. The Hall–Kier alpha value is -0.160. The summed E-state index contributed by atoms with van der Waals surface area (Å²) in [6.45, 7) is 7.44. The van der Waals surface area contributed by atoms with E-state index in [1.54, 1.807) is 0 Å². The summed E-state index contributed by atoms with van der Waals surface area (Å²) >= 11 is 0. The van der Waals surface area contributed by atoms with E-state index in [0.29, 0.717) is 12.6 Å². The highest BCUT2D eigenvalue weighted by atomic mass is 16.5. The molecule has 0 spiro atoms. The van der Waals surface area contributed by atoms with Crippen LogP contribution < -0.4 is 0 Å². The summed E-state index contributed by atoms with van der Waals surface area (Å²) in [7, 11) is 2.25. The first-order valence-corrected chi connectivity index (χ1v) is 7.30. The number of hydrogen-bond acceptors (Lipinski definition) is 4. The van der Waals surface area contributed by atoms with Gasteiger partial charge in [0, 0.05) is 25.2 Å². The van der Waals surface area contributed by atoms with E-state index in [9.17, 15) is 5.11 Å². The highest BCUT2D eigenvalue weighted by Gasteiger charge is 2.34. The van der Waals surface area contributed by atoms with Crippen molar-refractivity contribution in [2.75, 3.05) is 33.3 Å². The Morgan fingerprint density at radius 3 is 2.67 bits per heavy atom. The van der Waals surface area contributed by atoms with Crippen LogP contribution in [0.4, 0.5) is 0 Å². The van der Waals surface area contributed by atoms with Gasteiger partial charge in [0.2, 0.25) is 0 Å². The minimum Gasteiger partial charge on any atom is -0.389 e. The fraction of sp³-hybridized carbons (Fsp3) is 1.00. The number of nitrogens with zero attached hydrogens (tertiary/aromatic N) is 2. The molecule has 0 amide bonds. The summed E-state index contributed by atoms with van der Waals surface area (Å²) in [5.74, 6) is 0. The molecule has 4 nitrogen and oxygen atoms in total. The molecular weight excluding hydrogens is 228 g/mol. The molecule has 0 radical (unpaired) electrons. The smallest absolute Gasteiger partial charge is 0.0900 e. The van der Waals surface area contributed by atoms with E-state index in [4.69, 9.17) is 4.74 Å². The second-order valence-electron chi connectivity index (χ2n) is 6.13. The van der Waals surface area contributed by atoms with Crippen molar-refractivity contribution < 1.29 is 9.84 Å². The van der Waals surface area contributed by atoms with Crippen LogP contribution in [0.15, 0.2) is 0 Å². The fourth-order valence-corrected chi connectivity index (χ4v) is 3.20. The maximum atomic E-state index is 10.00. The number of likely N-dealkylation sites (tertiary alicyclic amines) is 1. The van der Waals surface area contributed by atoms with Crippen LogP contribution in [-0.2, 0) is 4.74 Å². The van der Waals surface area contributed by atoms with Gasteiger partial charge in [-0.3, -0.25) is 9.80 Å². The van der Waals surface area contributed by atoms with Gasteiger partial charge in [0.25, 0.3) is 0 Å². The predicted octanol–water partition coefficient (Wildman–Crippen LogP) is 0.941. The van der Waals surface area contributed by atoms with Gasteiger partial charge in [0.1, 0.15) is 0 Å². The third-order valence-corrected chi connectivity index (χ3v) is 4.32. The molecule has 0 aromatic heterocycles. The van der Waals surface area contributed by atoms with Crippen LogP contribution in [0.1, 0.15) is 33.1 Å². The molecule has 1 N–H and O–H groups in total. The van der Waals surface area contributed by atoms with Crippen molar-refractivity contribution in [1.82, 2.24) is 9.80 Å². The third-order valence-electron chi connectivity index (χ3n) is 4.32. The van der Waals surface area contributed by atoms with Gasteiger partial charge in [-0.05, 0) is 46.7 Å². The summed E-state index contributed by atoms with van der Waals surface area (Å²) in [5.41, 5.74) is 0. The van der Waals surface area contributed by atoms with E-state index in [1.807, 2.05) is 13.8 Å². The van der Waals surface area contributed by atoms with Crippen molar-refractivity contribution in [2.24, 2.45) is 0 Å². The van der Waals surface area contributed by atoms with E-state index >= 15 is 0 Å². The first kappa shape index (κ1) is 14.3. The van der Waals surface area contributed by atoms with Gasteiger partial charge in [-0.15, -0.1) is 0 Å². The number of aliphatic hydroxyl groups excluding tert-OH is 1. The Bertz CT molecular complexity index is 260. The maximum absolute atomic E-state index is 10.00. The molecular formula is C14H28N2O2. The largest absolute Gasteiger partial charge is 0.389 e. The maximum Gasteiger partial charge on any atom is 0.0900 e. The molecule has 3 unspecified atom stereocenters. The number of hydrogen-bond donors (Lipinski definition) is 1. The standard InChI is InChI=1S/C14H28N2O2/c1-11(2)18-10-14(17)9-16-7-6-12-4-5-13(8-16)15(12)3/h11-14,17H,4-10H2,1-3H3. The van der Waals surface area contributed by atoms with Crippen LogP contribution >= 0.6 is 0 Å². The van der Waals surface area contributed by atoms with Crippen molar-refractivity contribution in [2.45, 2.75) is 57.4 Å². The number of aliphatic hydroxyl groups is 1. The Balaban J connectivity index is 1.76. The summed E-state index contributed by atoms with van der Waals surface area (Å²) in [5, 5.41) is 10.00. The quantitative estimate of drug-likeness (QED) is 0.794. The zero-order valence-electron chi connectivity index (χ0n) is 12.0. The van der Waals surface area contributed by atoms with E-state index in [1.165, 1.54) is 19.3 Å². The zero-order valence-corrected chi connectivity index (χ0v) is 12.0. The Morgan fingerprint density at radius 1 is 1.22 bits per heavy atom. The number of likely N-dealkylation sites (N-methyl/N-ethyl adjacent to an activating group) is 1. The van der Waals surface area contributed by atoms with Crippen LogP contribution in [0.3, 0.4) is 0 Å². The van der Waals surface area contributed by atoms with E-state index in [0.717, 1.165) is 25.7 Å². The van der Waals surface area contributed by atoms with Crippen molar-refractivity contribution in [3.63, 3.8) is 0 Å². The van der Waals surface area contributed by atoms with Crippen molar-refractivity contribution >= 4 is 0 Å². The summed E-state index contributed by atoms with van der Waals surface area (Å²) in [4.78, 5) is 4.95. The number of ether oxygens (including phenoxy) is 1. The van der Waals surface area contributed by atoms with E-state index in [-0.39, 0.29) is 12.2 Å². The van der Waals surface area contributed by atoms with Gasteiger partial charge in [-0.25, -0.2) is 0 Å². The van der Waals surface area contributed by atoms with Gasteiger partial charge in [0.05, 0.1) is 18.8 Å². The zero-order chi connectivity index (χ0) is 13.1. The normalized spacial score (nSPS) is 31.8. The molecule has 2 rings (SSSR count). The van der Waals surface area contributed by atoms with Crippen molar-refractivity contribution in [3.05, 3.63) is 0 Å². The minimum atomic E-state index is -0.352. The fourth-order valence-electron chi connectivity index (χ4n) is 3.20. The minimum absolute atomic E-state index is 0.200. The molecule has 2 aliphatic heterocycles. The topological polar surface area (TPSA) is 35.9 Å². The SMILES string of the molecule is CC(C)OCC(O)CN1CCC2CCC(C1)N2C. The number of fused-ring (bicyclic) bond motifs is 2. The highest BCUT2D eigenvalue weighted by Crippen LogP contribution is 2.28. The lowest BCUT2D eigenvalue weighted by Crippen LogP contribution is -2.41. The van der Waals surface area contributed by atoms with Crippen LogP contribution in [0, 0.1) is 0 Å². The highest BCUT2D eigenvalue weighted by molar-refractivity contribution is 4.91. The van der Waals surface area contributed by atoms with Crippen molar-refractivity contribution in [3.8, 4) is 0 Å². The second kappa shape index (κ2) is 6.33. The molecule has 2 saturated heterocycles. The summed E-state index contributed by atoms with van der Waals surface area (Å²) in [6.07, 6.45) is 3.76. The average Bonchev–Trinajstić information content (AvgIpc) is 2.55. The summed E-state index contributed by atoms with van der Waals surface area (Å²) < 4.78 is 5.47. The molecule has 106 valence electrons. The molecule has 0 aromatic rings. The van der Waals surface area contributed by atoms with Crippen LogP contribution in [0.2, 0.25) is 0 Å². The Morgan fingerprint density at radius 2 is 1.94 bits per heavy atom. The van der Waals surface area contributed by atoms with Gasteiger partial charge in [-0.2, -0.15) is 0 Å². The lowest BCUT2D eigenvalue weighted by atomic mass is 10.1. The van der Waals surface area contributed by atoms with Crippen LogP contribution in [0.25, 0.3) is 0 Å². The van der Waals surface area contributed by atoms with Crippen LogP contribution in [0.5, 0.6) is 0 Å². The van der Waals surface area contributed by atoms with E-state index < -0.39 is 0 Å². The molecule has 2 fully saturated rings. The van der Waals surface area contributed by atoms with Crippen LogP contribution in [-0.4, -0.2) is 72.5 Å². The summed E-state index contributed by atoms with van der Waals surface area (Å²) in [6, 6.07) is 1.46. The Kier molecular flexibility index (Phi) is 5.01. The monoisotopic (exact) mass is 256 g/mol. The molecule has 4 heteroatoms. The molecule has 0 aliphatic carbocycles. The Labute approximate surface area is 111 Å².